The van der Waals surface area contributed by atoms with E-state index in [1.165, 1.54) is 0 Å². The molecule has 1 atom stereocenters. The first-order valence-corrected chi connectivity index (χ1v) is 7.00. The number of halogens is 1. The fraction of sp³-hybridized carbons (Fsp3) is 0.533. The van der Waals surface area contributed by atoms with Gasteiger partial charge in [0, 0.05) is 18.3 Å². The molecule has 1 aliphatic rings. The molecule has 0 saturated carbocycles. The van der Waals surface area contributed by atoms with Gasteiger partial charge in [0.1, 0.15) is 11.8 Å². The molecule has 5 nitrogen and oxygen atoms in total. The van der Waals surface area contributed by atoms with E-state index in [-0.39, 0.29) is 24.4 Å². The minimum Gasteiger partial charge on any atom is -0.493 e. The van der Waals surface area contributed by atoms with Crippen LogP contribution in [0.1, 0.15) is 13.8 Å². The lowest BCUT2D eigenvalue weighted by Gasteiger charge is -2.23. The Hall–Kier alpha value is -1.30. The van der Waals surface area contributed by atoms with Crippen LogP contribution in [0.15, 0.2) is 24.3 Å². The molecule has 0 spiro atoms. The van der Waals surface area contributed by atoms with Gasteiger partial charge < -0.3 is 20.1 Å². The number of morpholine rings is 1. The molecular weight excluding hydrogens is 292 g/mol. The van der Waals surface area contributed by atoms with Crippen LogP contribution < -0.4 is 15.4 Å². The van der Waals surface area contributed by atoms with E-state index in [4.69, 9.17) is 9.47 Å². The normalized spacial score (nSPS) is 18.0. The molecule has 0 bridgehead atoms. The molecule has 0 radical (unpaired) electrons. The number of carbonyl (C=O) groups excluding carboxylic acids is 1. The predicted molar refractivity (Wildman–Crippen MR) is 85.3 cm³/mol. The number of carbonyl (C=O) groups is 1. The molecule has 0 aromatic heterocycles. The first-order chi connectivity index (χ1) is 9.65. The number of anilines is 1. The number of nitrogens with one attached hydrogen (secondary N) is 2. The fourth-order valence-corrected chi connectivity index (χ4v) is 1.89. The van der Waals surface area contributed by atoms with E-state index < -0.39 is 0 Å². The second kappa shape index (κ2) is 8.87. The molecule has 1 heterocycles. The van der Waals surface area contributed by atoms with Crippen LogP contribution in [0.3, 0.4) is 0 Å². The van der Waals surface area contributed by atoms with Gasteiger partial charge in [0.15, 0.2) is 0 Å². The third kappa shape index (κ3) is 5.91. The molecule has 118 valence electrons. The van der Waals surface area contributed by atoms with Gasteiger partial charge in [-0.05, 0) is 18.1 Å². The Balaban J connectivity index is 0.00000220. The van der Waals surface area contributed by atoms with Crippen LogP contribution in [-0.4, -0.2) is 38.3 Å². The van der Waals surface area contributed by atoms with Crippen molar-refractivity contribution in [3.8, 4) is 5.75 Å². The lowest BCUT2D eigenvalue weighted by Crippen LogP contribution is -2.48. The average molecular weight is 315 g/mol. The highest BCUT2D eigenvalue weighted by Crippen LogP contribution is 2.18. The van der Waals surface area contributed by atoms with Gasteiger partial charge in [-0.15, -0.1) is 12.4 Å². The SMILES string of the molecule is CC(C)COc1cccc(NC(=O)C2COCCN2)c1.Cl. The summed E-state index contributed by atoms with van der Waals surface area (Å²) in [7, 11) is 0. The highest BCUT2D eigenvalue weighted by molar-refractivity contribution is 5.95. The summed E-state index contributed by atoms with van der Waals surface area (Å²) >= 11 is 0. The molecule has 0 aliphatic carbocycles. The highest BCUT2D eigenvalue weighted by Gasteiger charge is 2.21. The molecular formula is C15H23ClN2O3. The molecule has 2 N–H and O–H groups in total. The van der Waals surface area contributed by atoms with E-state index in [1.807, 2.05) is 24.3 Å². The van der Waals surface area contributed by atoms with Crippen molar-refractivity contribution in [1.82, 2.24) is 5.32 Å². The van der Waals surface area contributed by atoms with Crippen LogP contribution in [0.5, 0.6) is 5.75 Å². The van der Waals surface area contributed by atoms with Crippen molar-refractivity contribution < 1.29 is 14.3 Å². The Kier molecular flexibility index (Phi) is 7.50. The third-order valence-corrected chi connectivity index (χ3v) is 2.92. The van der Waals surface area contributed by atoms with E-state index >= 15 is 0 Å². The second-order valence-corrected chi connectivity index (χ2v) is 5.30. The van der Waals surface area contributed by atoms with Crippen molar-refractivity contribution in [2.24, 2.45) is 5.92 Å². The Morgan fingerprint density at radius 3 is 3.00 bits per heavy atom. The zero-order valence-corrected chi connectivity index (χ0v) is 13.2. The van der Waals surface area contributed by atoms with Crippen LogP contribution in [0, 0.1) is 5.92 Å². The third-order valence-electron chi connectivity index (χ3n) is 2.92. The van der Waals surface area contributed by atoms with Gasteiger partial charge in [0.2, 0.25) is 5.91 Å². The number of rotatable bonds is 5. The molecule has 1 amide bonds. The first-order valence-electron chi connectivity index (χ1n) is 7.00. The fourth-order valence-electron chi connectivity index (χ4n) is 1.89. The second-order valence-electron chi connectivity index (χ2n) is 5.30. The van der Waals surface area contributed by atoms with E-state index in [1.54, 1.807) is 0 Å². The minimum absolute atomic E-state index is 0. The summed E-state index contributed by atoms with van der Waals surface area (Å²) in [5.41, 5.74) is 0.739. The van der Waals surface area contributed by atoms with Crippen LogP contribution in [0.2, 0.25) is 0 Å². The zero-order valence-electron chi connectivity index (χ0n) is 12.4. The summed E-state index contributed by atoms with van der Waals surface area (Å²) in [6, 6.07) is 7.16. The van der Waals surface area contributed by atoms with Gasteiger partial charge in [0.25, 0.3) is 0 Å². The van der Waals surface area contributed by atoms with Crippen LogP contribution >= 0.6 is 12.4 Å². The number of amides is 1. The first kappa shape index (κ1) is 17.8. The van der Waals surface area contributed by atoms with Gasteiger partial charge in [-0.25, -0.2) is 0 Å². The van der Waals surface area contributed by atoms with Crippen LogP contribution in [0.4, 0.5) is 5.69 Å². The Morgan fingerprint density at radius 2 is 2.33 bits per heavy atom. The van der Waals surface area contributed by atoms with Crippen LogP contribution in [-0.2, 0) is 9.53 Å². The summed E-state index contributed by atoms with van der Waals surface area (Å²) in [6.07, 6.45) is 0. The summed E-state index contributed by atoms with van der Waals surface area (Å²) < 4.78 is 10.9. The van der Waals surface area contributed by atoms with Gasteiger partial charge in [0.05, 0.1) is 19.8 Å². The standard InChI is InChI=1S/C15H22N2O3.ClH/c1-11(2)9-20-13-5-3-4-12(8-13)17-15(18)14-10-19-7-6-16-14;/h3-5,8,11,14,16H,6-7,9-10H2,1-2H3,(H,17,18);1H. The Labute approximate surface area is 131 Å². The van der Waals surface area contributed by atoms with Gasteiger partial charge >= 0.3 is 0 Å². The maximum absolute atomic E-state index is 12.1. The van der Waals surface area contributed by atoms with Crippen molar-refractivity contribution in [1.29, 1.82) is 0 Å². The molecule has 1 aromatic carbocycles. The number of ether oxygens (including phenoxy) is 2. The van der Waals surface area contributed by atoms with Crippen molar-refractivity contribution in [3.63, 3.8) is 0 Å². The predicted octanol–water partition coefficient (Wildman–Crippen LogP) is 2.07. The van der Waals surface area contributed by atoms with Crippen LogP contribution in [0.25, 0.3) is 0 Å². The average Bonchev–Trinajstić information content (AvgIpc) is 2.46. The van der Waals surface area contributed by atoms with E-state index in [9.17, 15) is 4.79 Å². The molecule has 6 heteroatoms. The molecule has 1 aliphatic heterocycles. The lowest BCUT2D eigenvalue weighted by atomic mass is 10.2. The highest BCUT2D eigenvalue weighted by atomic mass is 35.5. The van der Waals surface area contributed by atoms with Gasteiger partial charge in [-0.2, -0.15) is 0 Å². The maximum Gasteiger partial charge on any atom is 0.243 e. The smallest absolute Gasteiger partial charge is 0.243 e. The number of hydrogen-bond donors (Lipinski definition) is 2. The molecule has 1 unspecified atom stereocenters. The van der Waals surface area contributed by atoms with E-state index in [0.717, 1.165) is 11.4 Å². The number of hydrogen-bond acceptors (Lipinski definition) is 4. The number of benzene rings is 1. The van der Waals surface area contributed by atoms with Gasteiger partial charge in [-0.1, -0.05) is 19.9 Å². The Morgan fingerprint density at radius 1 is 1.52 bits per heavy atom. The van der Waals surface area contributed by atoms with Crippen molar-refractivity contribution >= 4 is 24.0 Å². The quantitative estimate of drug-likeness (QED) is 0.873. The molecule has 1 fully saturated rings. The molecule has 1 saturated heterocycles. The summed E-state index contributed by atoms with van der Waals surface area (Å²) in [5.74, 6) is 1.16. The largest absolute Gasteiger partial charge is 0.493 e. The molecule has 1 aromatic rings. The monoisotopic (exact) mass is 314 g/mol. The summed E-state index contributed by atoms with van der Waals surface area (Å²) in [6.45, 7) is 6.63. The zero-order chi connectivity index (χ0) is 14.4. The van der Waals surface area contributed by atoms with Crippen molar-refractivity contribution in [2.45, 2.75) is 19.9 Å². The van der Waals surface area contributed by atoms with E-state index in [2.05, 4.69) is 24.5 Å². The molecule has 21 heavy (non-hydrogen) atoms. The lowest BCUT2D eigenvalue weighted by molar-refractivity contribution is -0.120. The minimum atomic E-state index is -0.288. The Bertz CT molecular complexity index is 448. The van der Waals surface area contributed by atoms with Crippen molar-refractivity contribution in [3.05, 3.63) is 24.3 Å². The van der Waals surface area contributed by atoms with E-state index in [0.29, 0.717) is 32.3 Å². The maximum atomic E-state index is 12.1. The van der Waals surface area contributed by atoms with Crippen molar-refractivity contribution in [2.75, 3.05) is 31.7 Å². The van der Waals surface area contributed by atoms with Gasteiger partial charge in [-0.3, -0.25) is 4.79 Å². The molecule has 2 rings (SSSR count). The summed E-state index contributed by atoms with van der Waals surface area (Å²) in [5, 5.41) is 6.00. The summed E-state index contributed by atoms with van der Waals surface area (Å²) in [4.78, 5) is 12.1. The topological polar surface area (TPSA) is 59.6 Å².